The lowest BCUT2D eigenvalue weighted by molar-refractivity contribution is 0.0922. The molecule has 1 aliphatic rings. The Morgan fingerprint density at radius 1 is 1.43 bits per heavy atom. The van der Waals surface area contributed by atoms with Gasteiger partial charge in [0, 0.05) is 21.2 Å². The van der Waals surface area contributed by atoms with E-state index in [0.29, 0.717) is 15.6 Å². The lowest BCUT2D eigenvalue weighted by atomic mass is 10.1. The lowest BCUT2D eigenvalue weighted by Gasteiger charge is -2.29. The van der Waals surface area contributed by atoms with Gasteiger partial charge in [-0.1, -0.05) is 11.6 Å². The van der Waals surface area contributed by atoms with E-state index < -0.39 is 0 Å². The maximum atomic E-state index is 12.4. The minimum Gasteiger partial charge on any atom is -0.397 e. The number of amides is 1. The minimum absolute atomic E-state index is 0.0700. The first-order valence-corrected chi connectivity index (χ1v) is 8.21. The number of hydrogen-bond acceptors (Lipinski definition) is 4. The average Bonchev–Trinajstić information content (AvgIpc) is 2.78. The fourth-order valence-corrected chi connectivity index (χ4v) is 3.96. The molecule has 1 amide bonds. The molecule has 2 heterocycles. The molecule has 1 aliphatic heterocycles. The molecule has 4 nitrogen and oxygen atoms in total. The van der Waals surface area contributed by atoms with E-state index in [2.05, 4.69) is 17.3 Å². The van der Waals surface area contributed by atoms with Crippen LogP contribution in [-0.2, 0) is 0 Å². The van der Waals surface area contributed by atoms with Crippen LogP contribution in [0.2, 0.25) is 5.02 Å². The van der Waals surface area contributed by atoms with Crippen molar-refractivity contribution in [2.75, 3.05) is 25.9 Å². The molecule has 3 N–H and O–H groups in total. The van der Waals surface area contributed by atoms with Gasteiger partial charge in [0.2, 0.25) is 0 Å². The highest BCUT2D eigenvalue weighted by molar-refractivity contribution is 7.21. The van der Waals surface area contributed by atoms with Crippen LogP contribution < -0.4 is 11.1 Å². The van der Waals surface area contributed by atoms with Crippen molar-refractivity contribution in [3.05, 3.63) is 28.1 Å². The van der Waals surface area contributed by atoms with E-state index >= 15 is 0 Å². The van der Waals surface area contributed by atoms with Crippen molar-refractivity contribution in [1.29, 1.82) is 0 Å². The second-order valence-electron chi connectivity index (χ2n) is 5.54. The van der Waals surface area contributed by atoms with Crippen molar-refractivity contribution in [2.45, 2.75) is 18.9 Å². The van der Waals surface area contributed by atoms with Crippen LogP contribution in [0.3, 0.4) is 0 Å². The fraction of sp³-hybridized carbons (Fsp3) is 0.400. The Kier molecular flexibility index (Phi) is 4.06. The van der Waals surface area contributed by atoms with Crippen LogP contribution in [0.15, 0.2) is 18.2 Å². The summed E-state index contributed by atoms with van der Waals surface area (Å²) in [6.07, 6.45) is 1.97. The zero-order chi connectivity index (χ0) is 15.0. The van der Waals surface area contributed by atoms with Crippen LogP contribution in [0, 0.1) is 0 Å². The molecular formula is C15H18ClN3OS. The third-order valence-electron chi connectivity index (χ3n) is 3.95. The number of carbonyl (C=O) groups is 1. The van der Waals surface area contributed by atoms with Gasteiger partial charge in [-0.05, 0) is 51.2 Å². The number of nitrogens with two attached hydrogens (primary N) is 1. The minimum atomic E-state index is -0.0700. The number of likely N-dealkylation sites (tertiary alicyclic amines) is 1. The fourth-order valence-electron chi connectivity index (χ4n) is 2.66. The van der Waals surface area contributed by atoms with E-state index in [1.54, 1.807) is 6.07 Å². The molecule has 6 heteroatoms. The third-order valence-corrected chi connectivity index (χ3v) is 5.35. The summed E-state index contributed by atoms with van der Waals surface area (Å²) in [6.45, 7) is 2.03. The highest BCUT2D eigenvalue weighted by Crippen LogP contribution is 2.35. The number of hydrogen-bond donors (Lipinski definition) is 2. The lowest BCUT2D eigenvalue weighted by Crippen LogP contribution is -2.43. The molecule has 1 saturated heterocycles. The highest BCUT2D eigenvalue weighted by Gasteiger charge is 2.22. The van der Waals surface area contributed by atoms with Gasteiger partial charge < -0.3 is 16.0 Å². The smallest absolute Gasteiger partial charge is 0.263 e. The molecule has 3 rings (SSSR count). The highest BCUT2D eigenvalue weighted by atomic mass is 35.5. The summed E-state index contributed by atoms with van der Waals surface area (Å²) in [4.78, 5) is 15.3. The second kappa shape index (κ2) is 5.83. The summed E-state index contributed by atoms with van der Waals surface area (Å²) in [5.41, 5.74) is 6.67. The SMILES string of the molecule is CN1CCC(NC(=O)c2sc3cc(Cl)ccc3c2N)CC1. The predicted molar refractivity (Wildman–Crippen MR) is 89.2 cm³/mol. The summed E-state index contributed by atoms with van der Waals surface area (Å²) < 4.78 is 0.952. The van der Waals surface area contributed by atoms with Gasteiger partial charge in [-0.3, -0.25) is 4.79 Å². The summed E-state index contributed by atoms with van der Waals surface area (Å²) in [5.74, 6) is -0.0700. The summed E-state index contributed by atoms with van der Waals surface area (Å²) >= 11 is 7.39. The Hall–Kier alpha value is -1.30. The topological polar surface area (TPSA) is 58.4 Å². The largest absolute Gasteiger partial charge is 0.397 e. The number of anilines is 1. The molecule has 1 aromatic carbocycles. The number of halogens is 1. The third kappa shape index (κ3) is 3.00. The Morgan fingerprint density at radius 2 is 2.14 bits per heavy atom. The molecule has 0 atom stereocenters. The van der Waals surface area contributed by atoms with E-state index in [4.69, 9.17) is 17.3 Å². The van der Waals surface area contributed by atoms with Gasteiger partial charge in [-0.25, -0.2) is 0 Å². The number of thiophene rings is 1. The molecule has 0 saturated carbocycles. The first-order chi connectivity index (χ1) is 10.0. The quantitative estimate of drug-likeness (QED) is 0.893. The standard InChI is InChI=1S/C15H18ClN3OS/c1-19-6-4-10(5-7-19)18-15(20)14-13(17)11-3-2-9(16)8-12(11)21-14/h2-3,8,10H,4-7,17H2,1H3,(H,18,20). The number of nitrogen functional groups attached to an aromatic ring is 1. The van der Waals surface area contributed by atoms with Gasteiger partial charge in [-0.15, -0.1) is 11.3 Å². The second-order valence-corrected chi connectivity index (χ2v) is 7.02. The molecule has 0 spiro atoms. The van der Waals surface area contributed by atoms with Gasteiger partial charge in [0.1, 0.15) is 4.88 Å². The summed E-state index contributed by atoms with van der Waals surface area (Å²) in [7, 11) is 2.10. The van der Waals surface area contributed by atoms with Crippen LogP contribution in [0.1, 0.15) is 22.5 Å². The average molecular weight is 324 g/mol. The van der Waals surface area contributed by atoms with Crippen LogP contribution in [0.4, 0.5) is 5.69 Å². The Balaban J connectivity index is 1.80. The molecule has 2 aromatic rings. The summed E-state index contributed by atoms with van der Waals surface area (Å²) in [6, 6.07) is 5.76. The normalized spacial score (nSPS) is 17.2. The van der Waals surface area contributed by atoms with Gasteiger partial charge in [-0.2, -0.15) is 0 Å². The number of nitrogens with zero attached hydrogens (tertiary/aromatic N) is 1. The predicted octanol–water partition coefficient (Wildman–Crippen LogP) is 2.96. The number of benzene rings is 1. The van der Waals surface area contributed by atoms with Crippen molar-refractivity contribution in [1.82, 2.24) is 10.2 Å². The van der Waals surface area contributed by atoms with E-state index in [1.807, 2.05) is 12.1 Å². The van der Waals surface area contributed by atoms with Gasteiger partial charge in [0.15, 0.2) is 0 Å². The number of nitrogens with one attached hydrogen (secondary N) is 1. The molecule has 112 valence electrons. The maximum absolute atomic E-state index is 12.4. The zero-order valence-electron chi connectivity index (χ0n) is 11.9. The number of carbonyl (C=O) groups excluding carboxylic acids is 1. The zero-order valence-corrected chi connectivity index (χ0v) is 13.4. The van der Waals surface area contributed by atoms with E-state index in [9.17, 15) is 4.79 Å². The van der Waals surface area contributed by atoms with Crippen molar-refractivity contribution in [3.8, 4) is 0 Å². The Morgan fingerprint density at radius 3 is 2.86 bits per heavy atom. The van der Waals surface area contributed by atoms with Crippen LogP contribution in [0.25, 0.3) is 10.1 Å². The van der Waals surface area contributed by atoms with Crippen LogP contribution >= 0.6 is 22.9 Å². The number of fused-ring (bicyclic) bond motifs is 1. The molecular weight excluding hydrogens is 306 g/mol. The summed E-state index contributed by atoms with van der Waals surface area (Å²) in [5, 5.41) is 4.66. The molecule has 0 bridgehead atoms. The maximum Gasteiger partial charge on any atom is 0.263 e. The Bertz CT molecular complexity index is 677. The molecule has 0 aliphatic carbocycles. The number of rotatable bonds is 2. The van der Waals surface area contributed by atoms with Crippen LogP contribution in [0.5, 0.6) is 0 Å². The first kappa shape index (κ1) is 14.6. The Labute approximate surface area is 132 Å². The van der Waals surface area contributed by atoms with Gasteiger partial charge in [0.05, 0.1) is 5.69 Å². The van der Waals surface area contributed by atoms with Crippen molar-refractivity contribution < 1.29 is 4.79 Å². The van der Waals surface area contributed by atoms with E-state index in [1.165, 1.54) is 11.3 Å². The van der Waals surface area contributed by atoms with Crippen molar-refractivity contribution in [3.63, 3.8) is 0 Å². The van der Waals surface area contributed by atoms with E-state index in [-0.39, 0.29) is 11.9 Å². The van der Waals surface area contributed by atoms with E-state index in [0.717, 1.165) is 36.0 Å². The molecule has 1 aromatic heterocycles. The van der Waals surface area contributed by atoms with Gasteiger partial charge in [0.25, 0.3) is 5.91 Å². The van der Waals surface area contributed by atoms with Gasteiger partial charge >= 0.3 is 0 Å². The van der Waals surface area contributed by atoms with Crippen molar-refractivity contribution in [2.24, 2.45) is 0 Å². The molecule has 21 heavy (non-hydrogen) atoms. The van der Waals surface area contributed by atoms with Crippen molar-refractivity contribution >= 4 is 44.6 Å². The molecule has 0 unspecified atom stereocenters. The first-order valence-electron chi connectivity index (χ1n) is 7.01. The molecule has 0 radical (unpaired) electrons. The van der Waals surface area contributed by atoms with Crippen LogP contribution in [-0.4, -0.2) is 37.0 Å². The molecule has 1 fully saturated rings. The monoisotopic (exact) mass is 323 g/mol. The number of piperidine rings is 1.